The molecule has 0 bridgehead atoms. The van der Waals surface area contributed by atoms with Gasteiger partial charge in [-0.2, -0.15) is 0 Å². The van der Waals surface area contributed by atoms with Gasteiger partial charge in [-0.25, -0.2) is 9.97 Å². The maximum absolute atomic E-state index is 10.8. The highest BCUT2D eigenvalue weighted by Crippen LogP contribution is 2.33. The highest BCUT2D eigenvalue weighted by molar-refractivity contribution is 5.96. The summed E-state index contributed by atoms with van der Waals surface area (Å²) in [6, 6.07) is 18.4. The van der Waals surface area contributed by atoms with Crippen molar-refractivity contribution in [2.45, 2.75) is 13.0 Å². The molecule has 5 rings (SSSR count). The van der Waals surface area contributed by atoms with Crippen LogP contribution in [0.4, 0.5) is 0 Å². The van der Waals surface area contributed by atoms with E-state index in [0.29, 0.717) is 5.82 Å². The van der Waals surface area contributed by atoms with E-state index in [4.69, 9.17) is 0 Å². The molecule has 2 aromatic carbocycles. The van der Waals surface area contributed by atoms with E-state index in [-0.39, 0.29) is 0 Å². The number of nitrogens with zero attached hydrogens (tertiary/aromatic N) is 3. The Kier molecular flexibility index (Phi) is 4.45. The smallest absolute Gasteiger partial charge is 0.142 e. The molecule has 5 heteroatoms. The summed E-state index contributed by atoms with van der Waals surface area (Å²) in [6.07, 6.45) is 6.63. The minimum atomic E-state index is -0.781. The Labute approximate surface area is 174 Å². The van der Waals surface area contributed by atoms with Crippen LogP contribution in [0.3, 0.4) is 0 Å². The van der Waals surface area contributed by atoms with E-state index in [1.54, 1.807) is 6.20 Å². The van der Waals surface area contributed by atoms with Crippen LogP contribution in [-0.2, 0) is 7.05 Å². The number of aliphatic hydroxyl groups is 1. The van der Waals surface area contributed by atoms with Crippen LogP contribution in [0.25, 0.3) is 33.3 Å². The molecule has 1 atom stereocenters. The second-order valence-corrected chi connectivity index (χ2v) is 7.56. The minimum absolute atomic E-state index is 0.619. The summed E-state index contributed by atoms with van der Waals surface area (Å²) in [5.41, 5.74) is 7.24. The number of aromatic nitrogens is 4. The van der Waals surface area contributed by atoms with E-state index in [1.807, 2.05) is 54.5 Å². The fraction of sp³-hybridized carbons (Fsp3) is 0.120. The molecule has 0 fully saturated rings. The van der Waals surface area contributed by atoms with Gasteiger partial charge in [0.25, 0.3) is 0 Å². The maximum Gasteiger partial charge on any atom is 0.142 e. The van der Waals surface area contributed by atoms with E-state index in [2.05, 4.69) is 52.2 Å². The minimum Gasteiger partial charge on any atom is -0.380 e. The van der Waals surface area contributed by atoms with Gasteiger partial charge >= 0.3 is 0 Å². The van der Waals surface area contributed by atoms with Crippen molar-refractivity contribution in [3.05, 3.63) is 96.3 Å². The Bertz CT molecular complexity index is 1350. The van der Waals surface area contributed by atoms with E-state index in [9.17, 15) is 5.11 Å². The molecule has 5 aromatic rings. The van der Waals surface area contributed by atoms with Crippen LogP contribution in [0.5, 0.6) is 0 Å². The molecule has 0 aliphatic carbocycles. The SMILES string of the molecule is Cc1ccccc1-c1c[nH]c2ncc(-c3cccc(C(O)c4nccn4C)c3)cc12. The molecular formula is C25H22N4O. The first-order chi connectivity index (χ1) is 14.6. The zero-order valence-corrected chi connectivity index (χ0v) is 16.9. The standard InChI is InChI=1S/C25H22N4O/c1-16-6-3-4-9-20(16)22-15-28-24-21(22)13-19(14-27-24)17-7-5-8-18(12-17)23(30)25-26-10-11-29(25)2/h3-15,23,30H,1-2H3,(H,27,28). The summed E-state index contributed by atoms with van der Waals surface area (Å²) >= 11 is 0. The number of aliphatic hydroxyl groups excluding tert-OH is 1. The van der Waals surface area contributed by atoms with Gasteiger partial charge in [-0.15, -0.1) is 0 Å². The second-order valence-electron chi connectivity index (χ2n) is 7.56. The number of hydrogen-bond donors (Lipinski definition) is 2. The Morgan fingerprint density at radius 3 is 2.63 bits per heavy atom. The molecule has 148 valence electrons. The molecule has 5 nitrogen and oxygen atoms in total. The van der Waals surface area contributed by atoms with Gasteiger partial charge in [0.05, 0.1) is 0 Å². The van der Waals surface area contributed by atoms with Crippen LogP contribution in [0.1, 0.15) is 23.1 Å². The first-order valence-corrected chi connectivity index (χ1v) is 9.90. The van der Waals surface area contributed by atoms with E-state index in [0.717, 1.165) is 33.3 Å². The largest absolute Gasteiger partial charge is 0.380 e. The average molecular weight is 394 g/mol. The van der Waals surface area contributed by atoms with E-state index >= 15 is 0 Å². The molecular weight excluding hydrogens is 372 g/mol. The Hall–Kier alpha value is -3.70. The maximum atomic E-state index is 10.8. The molecule has 0 radical (unpaired) electrons. The number of nitrogens with one attached hydrogen (secondary N) is 1. The van der Waals surface area contributed by atoms with Gasteiger partial charge in [0, 0.05) is 48.3 Å². The molecule has 3 heterocycles. The van der Waals surface area contributed by atoms with Crippen LogP contribution in [-0.4, -0.2) is 24.6 Å². The molecule has 0 aliphatic heterocycles. The molecule has 0 amide bonds. The van der Waals surface area contributed by atoms with Crippen molar-refractivity contribution in [1.82, 2.24) is 19.5 Å². The van der Waals surface area contributed by atoms with Crippen molar-refractivity contribution in [3.8, 4) is 22.3 Å². The quantitative estimate of drug-likeness (QED) is 0.450. The molecule has 1 unspecified atom stereocenters. The number of imidazole rings is 1. The topological polar surface area (TPSA) is 66.7 Å². The Morgan fingerprint density at radius 1 is 0.967 bits per heavy atom. The fourth-order valence-corrected chi connectivity index (χ4v) is 3.94. The molecule has 0 aliphatic rings. The van der Waals surface area contributed by atoms with E-state index < -0.39 is 6.10 Å². The zero-order valence-electron chi connectivity index (χ0n) is 16.9. The molecule has 2 N–H and O–H groups in total. The van der Waals surface area contributed by atoms with Crippen molar-refractivity contribution in [2.75, 3.05) is 0 Å². The predicted molar refractivity (Wildman–Crippen MR) is 119 cm³/mol. The predicted octanol–water partition coefficient (Wildman–Crippen LogP) is 5.02. The third kappa shape index (κ3) is 3.09. The Balaban J connectivity index is 1.58. The molecule has 0 saturated heterocycles. The summed E-state index contributed by atoms with van der Waals surface area (Å²) < 4.78 is 1.83. The van der Waals surface area contributed by atoms with Crippen molar-refractivity contribution in [3.63, 3.8) is 0 Å². The average Bonchev–Trinajstić information content (AvgIpc) is 3.39. The number of rotatable bonds is 4. The molecule has 0 spiro atoms. The second kappa shape index (κ2) is 7.28. The highest BCUT2D eigenvalue weighted by atomic mass is 16.3. The van der Waals surface area contributed by atoms with Crippen LogP contribution >= 0.6 is 0 Å². The van der Waals surface area contributed by atoms with Gasteiger partial charge < -0.3 is 14.7 Å². The van der Waals surface area contributed by atoms with Crippen molar-refractivity contribution >= 4 is 11.0 Å². The van der Waals surface area contributed by atoms with Gasteiger partial charge in [-0.1, -0.05) is 42.5 Å². The van der Waals surface area contributed by atoms with Crippen molar-refractivity contribution in [1.29, 1.82) is 0 Å². The van der Waals surface area contributed by atoms with Crippen molar-refractivity contribution in [2.24, 2.45) is 7.05 Å². The number of pyridine rings is 1. The normalized spacial score (nSPS) is 12.4. The van der Waals surface area contributed by atoms with E-state index in [1.165, 1.54) is 11.1 Å². The monoisotopic (exact) mass is 394 g/mol. The van der Waals surface area contributed by atoms with Crippen LogP contribution in [0, 0.1) is 6.92 Å². The first kappa shape index (κ1) is 18.3. The van der Waals surface area contributed by atoms with Gasteiger partial charge in [0.1, 0.15) is 17.6 Å². The van der Waals surface area contributed by atoms with Crippen LogP contribution < -0.4 is 0 Å². The number of hydrogen-bond acceptors (Lipinski definition) is 3. The summed E-state index contributed by atoms with van der Waals surface area (Å²) in [6.45, 7) is 2.12. The number of fused-ring (bicyclic) bond motifs is 1. The number of H-pyrrole nitrogens is 1. The number of benzene rings is 2. The summed E-state index contributed by atoms with van der Waals surface area (Å²) in [4.78, 5) is 12.2. The number of aryl methyl sites for hydroxylation is 2. The van der Waals surface area contributed by atoms with Crippen LogP contribution in [0.2, 0.25) is 0 Å². The molecule has 3 aromatic heterocycles. The van der Waals surface area contributed by atoms with Crippen LogP contribution in [0.15, 0.2) is 79.4 Å². The third-order valence-corrected chi connectivity index (χ3v) is 5.61. The molecule has 30 heavy (non-hydrogen) atoms. The van der Waals surface area contributed by atoms with Gasteiger partial charge in [0.2, 0.25) is 0 Å². The van der Waals surface area contributed by atoms with Gasteiger partial charge in [0.15, 0.2) is 0 Å². The zero-order chi connectivity index (χ0) is 20.7. The fourth-order valence-electron chi connectivity index (χ4n) is 3.94. The van der Waals surface area contributed by atoms with Gasteiger partial charge in [-0.3, -0.25) is 0 Å². The third-order valence-electron chi connectivity index (χ3n) is 5.61. The van der Waals surface area contributed by atoms with Gasteiger partial charge in [-0.05, 0) is 41.3 Å². The lowest BCUT2D eigenvalue weighted by atomic mass is 9.98. The Morgan fingerprint density at radius 2 is 1.83 bits per heavy atom. The summed E-state index contributed by atoms with van der Waals surface area (Å²) in [5, 5.41) is 11.9. The summed E-state index contributed by atoms with van der Waals surface area (Å²) in [7, 11) is 1.88. The lowest BCUT2D eigenvalue weighted by Crippen LogP contribution is -2.06. The molecule has 0 saturated carbocycles. The lowest BCUT2D eigenvalue weighted by molar-refractivity contribution is 0.206. The highest BCUT2D eigenvalue weighted by Gasteiger charge is 2.16. The number of aromatic amines is 1. The first-order valence-electron chi connectivity index (χ1n) is 9.90. The lowest BCUT2D eigenvalue weighted by Gasteiger charge is -2.12. The summed E-state index contributed by atoms with van der Waals surface area (Å²) in [5.74, 6) is 0.619. The van der Waals surface area contributed by atoms with Crippen molar-refractivity contribution < 1.29 is 5.11 Å².